The van der Waals surface area contributed by atoms with Crippen molar-refractivity contribution in [3.63, 3.8) is 0 Å². The van der Waals surface area contributed by atoms with Crippen molar-refractivity contribution in [2.24, 2.45) is 11.8 Å². The highest BCUT2D eigenvalue weighted by Gasteiger charge is 2.39. The number of benzene rings is 1. The first-order valence-corrected chi connectivity index (χ1v) is 10.7. The quantitative estimate of drug-likeness (QED) is 0.816. The van der Waals surface area contributed by atoms with Crippen LogP contribution in [-0.2, 0) is 16.1 Å². The third-order valence-corrected chi connectivity index (χ3v) is 6.44. The lowest BCUT2D eigenvalue weighted by atomic mass is 9.95. The van der Waals surface area contributed by atoms with Gasteiger partial charge < -0.3 is 10.2 Å². The van der Waals surface area contributed by atoms with E-state index in [1.54, 1.807) is 12.1 Å². The van der Waals surface area contributed by atoms with E-state index in [0.717, 1.165) is 57.4 Å². The minimum Gasteiger partial charge on any atom is -0.351 e. The number of carbonyl (C=O) groups is 2. The molecule has 1 heterocycles. The van der Waals surface area contributed by atoms with Crippen LogP contribution < -0.4 is 5.32 Å². The lowest BCUT2D eigenvalue weighted by Crippen LogP contribution is -2.58. The van der Waals surface area contributed by atoms with Gasteiger partial charge in [0.05, 0.1) is 6.04 Å². The monoisotopic (exact) mass is 387 g/mol. The smallest absolute Gasteiger partial charge is 0.237 e. The highest BCUT2D eigenvalue weighted by molar-refractivity contribution is 5.83. The maximum absolute atomic E-state index is 13.1. The molecule has 3 fully saturated rings. The molecule has 152 valence electrons. The van der Waals surface area contributed by atoms with Crippen LogP contribution in [0, 0.1) is 17.7 Å². The molecule has 0 spiro atoms. The second-order valence-corrected chi connectivity index (χ2v) is 8.47. The van der Waals surface area contributed by atoms with Crippen molar-refractivity contribution in [1.29, 1.82) is 0 Å². The highest BCUT2D eigenvalue weighted by atomic mass is 19.1. The summed E-state index contributed by atoms with van der Waals surface area (Å²) < 4.78 is 13.1. The molecule has 0 bridgehead atoms. The van der Waals surface area contributed by atoms with Crippen molar-refractivity contribution in [1.82, 2.24) is 15.1 Å². The average molecular weight is 387 g/mol. The molecule has 0 unspecified atom stereocenters. The van der Waals surface area contributed by atoms with Crippen molar-refractivity contribution in [3.05, 3.63) is 35.6 Å². The largest absolute Gasteiger partial charge is 0.351 e. The number of halogens is 1. The number of carbonyl (C=O) groups excluding carboxylic acids is 2. The van der Waals surface area contributed by atoms with E-state index in [4.69, 9.17) is 0 Å². The van der Waals surface area contributed by atoms with Gasteiger partial charge in [0.15, 0.2) is 0 Å². The molecule has 3 aliphatic rings. The third kappa shape index (κ3) is 4.54. The van der Waals surface area contributed by atoms with E-state index in [2.05, 4.69) is 10.2 Å². The summed E-state index contributed by atoms with van der Waals surface area (Å²) in [5, 5.41) is 3.07. The molecule has 2 aliphatic carbocycles. The van der Waals surface area contributed by atoms with E-state index in [9.17, 15) is 14.0 Å². The summed E-state index contributed by atoms with van der Waals surface area (Å²) in [7, 11) is 0. The van der Waals surface area contributed by atoms with Crippen LogP contribution >= 0.6 is 0 Å². The summed E-state index contributed by atoms with van der Waals surface area (Å²) in [5.41, 5.74) is 0.903. The summed E-state index contributed by atoms with van der Waals surface area (Å²) >= 11 is 0. The molecule has 2 amide bonds. The molecule has 1 aromatic rings. The minimum absolute atomic E-state index is 0.0678. The van der Waals surface area contributed by atoms with Crippen molar-refractivity contribution < 1.29 is 14.0 Å². The lowest BCUT2D eigenvalue weighted by molar-refractivity contribution is -0.136. The van der Waals surface area contributed by atoms with E-state index in [1.165, 1.54) is 25.0 Å². The van der Waals surface area contributed by atoms with Gasteiger partial charge >= 0.3 is 0 Å². The molecule has 1 aromatic carbocycles. The van der Waals surface area contributed by atoms with Crippen LogP contribution in [0.5, 0.6) is 0 Å². The average Bonchev–Trinajstić information content (AvgIpc) is 3.44. The highest BCUT2D eigenvalue weighted by Crippen LogP contribution is 2.33. The zero-order valence-corrected chi connectivity index (χ0v) is 16.4. The van der Waals surface area contributed by atoms with Gasteiger partial charge in [-0.25, -0.2) is 4.39 Å². The summed E-state index contributed by atoms with van der Waals surface area (Å²) in [6, 6.07) is 6.14. The number of nitrogens with zero attached hydrogens (tertiary/aromatic N) is 2. The Labute approximate surface area is 166 Å². The molecule has 1 N–H and O–H groups in total. The molecule has 5 nitrogen and oxygen atoms in total. The number of rotatable bonds is 6. The topological polar surface area (TPSA) is 52.7 Å². The van der Waals surface area contributed by atoms with Crippen molar-refractivity contribution in [3.8, 4) is 0 Å². The first-order chi connectivity index (χ1) is 13.6. The normalized spacial score (nSPS) is 22.2. The van der Waals surface area contributed by atoms with E-state index in [1.807, 2.05) is 4.90 Å². The maximum Gasteiger partial charge on any atom is 0.237 e. The maximum atomic E-state index is 13.1. The van der Waals surface area contributed by atoms with Crippen LogP contribution in [-0.4, -0.2) is 53.8 Å². The van der Waals surface area contributed by atoms with Crippen LogP contribution in [0.2, 0.25) is 0 Å². The fourth-order valence-electron chi connectivity index (χ4n) is 4.66. The van der Waals surface area contributed by atoms with E-state index >= 15 is 0 Å². The van der Waals surface area contributed by atoms with Crippen LogP contribution in [0.25, 0.3) is 0 Å². The summed E-state index contributed by atoms with van der Waals surface area (Å²) in [4.78, 5) is 29.7. The molecule has 1 aliphatic heterocycles. The van der Waals surface area contributed by atoms with Gasteiger partial charge in [-0.3, -0.25) is 14.5 Å². The number of hydrogen-bond acceptors (Lipinski definition) is 3. The van der Waals surface area contributed by atoms with Crippen LogP contribution in [0.15, 0.2) is 24.3 Å². The minimum atomic E-state index is -0.266. The van der Waals surface area contributed by atoms with Crippen molar-refractivity contribution >= 4 is 11.8 Å². The van der Waals surface area contributed by atoms with E-state index < -0.39 is 0 Å². The first-order valence-electron chi connectivity index (χ1n) is 10.7. The Balaban J connectivity index is 1.36. The van der Waals surface area contributed by atoms with Gasteiger partial charge in [0.2, 0.25) is 11.8 Å². The Bertz CT molecular complexity index is 690. The summed E-state index contributed by atoms with van der Waals surface area (Å²) in [6.07, 6.45) is 6.63. The fourth-order valence-corrected chi connectivity index (χ4v) is 4.66. The van der Waals surface area contributed by atoms with Gasteiger partial charge in [-0.05, 0) is 49.3 Å². The van der Waals surface area contributed by atoms with E-state index in [-0.39, 0.29) is 23.7 Å². The van der Waals surface area contributed by atoms with Gasteiger partial charge in [-0.2, -0.15) is 0 Å². The molecular formula is C22H30FN3O2. The van der Waals surface area contributed by atoms with Crippen molar-refractivity contribution in [2.45, 2.75) is 51.1 Å². The van der Waals surface area contributed by atoms with Gasteiger partial charge in [0.1, 0.15) is 5.82 Å². The van der Waals surface area contributed by atoms with Crippen molar-refractivity contribution in [2.75, 3.05) is 26.2 Å². The van der Waals surface area contributed by atoms with Gasteiger partial charge in [0, 0.05) is 38.6 Å². The number of hydrogen-bond donors (Lipinski definition) is 1. The second kappa shape index (κ2) is 8.60. The van der Waals surface area contributed by atoms with Crippen LogP contribution in [0.4, 0.5) is 4.39 Å². The predicted octanol–water partition coefficient (Wildman–Crippen LogP) is 2.55. The predicted molar refractivity (Wildman–Crippen MR) is 105 cm³/mol. The number of nitrogens with one attached hydrogen (secondary N) is 1. The second-order valence-electron chi connectivity index (χ2n) is 8.47. The molecule has 4 rings (SSSR count). The summed E-state index contributed by atoms with van der Waals surface area (Å²) in [6.45, 7) is 3.41. The SMILES string of the molecule is O=C(NCc1ccc(F)cc1)[C@@H](C1CCCC1)N1CCN(C(=O)C2CC2)CC1. The van der Waals surface area contributed by atoms with Gasteiger partial charge in [-0.1, -0.05) is 25.0 Å². The molecule has 1 atom stereocenters. The Morgan fingerprint density at radius 3 is 2.25 bits per heavy atom. The number of amides is 2. The van der Waals surface area contributed by atoms with E-state index in [0.29, 0.717) is 18.4 Å². The number of piperazine rings is 1. The standard InChI is InChI=1S/C22H30FN3O2/c23-19-9-5-16(6-10-19)15-24-21(27)20(17-3-1-2-4-17)25-11-13-26(14-12-25)22(28)18-7-8-18/h5-6,9-10,17-18,20H,1-4,7-8,11-15H2,(H,24,27)/t20-/m1/s1. The first kappa shape index (κ1) is 19.4. The van der Waals surface area contributed by atoms with Crippen LogP contribution in [0.1, 0.15) is 44.1 Å². The van der Waals surface area contributed by atoms with Crippen LogP contribution in [0.3, 0.4) is 0 Å². The van der Waals surface area contributed by atoms with Gasteiger partial charge in [-0.15, -0.1) is 0 Å². The third-order valence-electron chi connectivity index (χ3n) is 6.44. The zero-order chi connectivity index (χ0) is 19.5. The zero-order valence-electron chi connectivity index (χ0n) is 16.4. The summed E-state index contributed by atoms with van der Waals surface area (Å²) in [5.74, 6) is 0.753. The fraction of sp³-hybridized carbons (Fsp3) is 0.636. The Morgan fingerprint density at radius 1 is 1.00 bits per heavy atom. The lowest BCUT2D eigenvalue weighted by Gasteiger charge is -2.40. The molecule has 0 radical (unpaired) electrons. The molecule has 2 saturated carbocycles. The molecular weight excluding hydrogens is 357 g/mol. The molecule has 28 heavy (non-hydrogen) atoms. The van der Waals surface area contributed by atoms with Gasteiger partial charge in [0.25, 0.3) is 0 Å². The Morgan fingerprint density at radius 2 is 1.64 bits per heavy atom. The molecule has 1 saturated heterocycles. The Kier molecular flexibility index (Phi) is 5.95. The molecule has 6 heteroatoms. The Hall–Kier alpha value is -1.95. The molecule has 0 aromatic heterocycles.